The van der Waals surface area contributed by atoms with E-state index in [-0.39, 0.29) is 9.42 Å². The van der Waals surface area contributed by atoms with E-state index in [4.69, 9.17) is 46.4 Å². The van der Waals surface area contributed by atoms with Gasteiger partial charge in [0.25, 0.3) is 0 Å². The van der Waals surface area contributed by atoms with E-state index in [2.05, 4.69) is 0 Å². The highest BCUT2D eigenvalue weighted by Gasteiger charge is 2.11. The fourth-order valence-electron chi connectivity index (χ4n) is 0.468. The molecule has 0 fully saturated rings. The molecule has 0 bridgehead atoms. The second kappa shape index (κ2) is 8.12. The molecule has 0 heterocycles. The van der Waals surface area contributed by atoms with Gasteiger partial charge < -0.3 is 0 Å². The third-order valence-corrected chi connectivity index (χ3v) is 3.52. The van der Waals surface area contributed by atoms with Gasteiger partial charge in [-0.2, -0.15) is 0 Å². The van der Waals surface area contributed by atoms with Crippen LogP contribution in [0.4, 0.5) is 0 Å². The lowest BCUT2D eigenvalue weighted by atomic mass is 10.6. The zero-order chi connectivity index (χ0) is 8.69. The van der Waals surface area contributed by atoms with Crippen molar-refractivity contribution in [3.05, 3.63) is 0 Å². The van der Waals surface area contributed by atoms with Gasteiger partial charge in [0.05, 0.1) is 9.42 Å². The summed E-state index contributed by atoms with van der Waals surface area (Å²) in [5.41, 5.74) is 0. The number of halogens is 4. The van der Waals surface area contributed by atoms with Gasteiger partial charge in [-0.1, -0.05) is 0 Å². The average molecular weight is 256 g/mol. The third kappa shape index (κ3) is 7.86. The Kier molecular flexibility index (Phi) is 9.24. The van der Waals surface area contributed by atoms with Crippen molar-refractivity contribution in [2.75, 3.05) is 11.8 Å². The van der Waals surface area contributed by atoms with Crippen molar-refractivity contribution < 1.29 is 0 Å². The second-order valence-electron chi connectivity index (χ2n) is 1.91. The molecule has 0 radical (unpaired) electrons. The molecule has 11 heavy (non-hydrogen) atoms. The SMILES string of the molecule is ClCCC(Cl)SC(Cl)CCCl. The summed E-state index contributed by atoms with van der Waals surface area (Å²) in [4.78, 5) is 0. The van der Waals surface area contributed by atoms with Gasteiger partial charge in [0.1, 0.15) is 0 Å². The molecule has 0 N–H and O–H groups in total. The maximum atomic E-state index is 5.86. The lowest BCUT2D eigenvalue weighted by Crippen LogP contribution is -2.01. The second-order valence-corrected chi connectivity index (χ2v) is 5.65. The molecule has 0 aliphatic rings. The van der Waals surface area contributed by atoms with Gasteiger partial charge in [-0.3, -0.25) is 0 Å². The molecule has 0 aliphatic heterocycles. The predicted molar refractivity (Wildman–Crippen MR) is 57.5 cm³/mol. The van der Waals surface area contributed by atoms with E-state index in [1.165, 1.54) is 11.8 Å². The van der Waals surface area contributed by atoms with Crippen LogP contribution in [0.1, 0.15) is 12.8 Å². The molecule has 0 spiro atoms. The highest BCUT2D eigenvalue weighted by molar-refractivity contribution is 8.02. The number of rotatable bonds is 6. The number of hydrogen-bond acceptors (Lipinski definition) is 1. The van der Waals surface area contributed by atoms with Gasteiger partial charge >= 0.3 is 0 Å². The van der Waals surface area contributed by atoms with Gasteiger partial charge in [-0.15, -0.1) is 58.2 Å². The normalized spacial score (nSPS) is 16.4. The highest BCUT2D eigenvalue weighted by atomic mass is 35.5. The third-order valence-electron chi connectivity index (χ3n) is 0.967. The summed E-state index contributed by atoms with van der Waals surface area (Å²) in [6, 6.07) is 0. The van der Waals surface area contributed by atoms with Crippen LogP contribution >= 0.6 is 58.2 Å². The lowest BCUT2D eigenvalue weighted by molar-refractivity contribution is 1.02. The summed E-state index contributed by atoms with van der Waals surface area (Å²) in [7, 11) is 0. The number of hydrogen-bond donors (Lipinski definition) is 0. The monoisotopic (exact) mass is 254 g/mol. The van der Waals surface area contributed by atoms with E-state index in [0.717, 1.165) is 12.8 Å². The Bertz CT molecular complexity index is 80.7. The maximum Gasteiger partial charge on any atom is 0.0815 e. The Morgan fingerprint density at radius 2 is 1.27 bits per heavy atom. The standard InChI is InChI=1S/C6H10Cl4S/c7-3-1-5(9)11-6(10)2-4-8/h5-6H,1-4H2. The van der Waals surface area contributed by atoms with Crippen molar-refractivity contribution >= 4 is 58.2 Å². The number of alkyl halides is 4. The average Bonchev–Trinajstić information content (AvgIpc) is 1.87. The first kappa shape index (κ1) is 12.5. The molecule has 68 valence electrons. The van der Waals surface area contributed by atoms with Crippen LogP contribution in [0, 0.1) is 0 Å². The fourth-order valence-corrected chi connectivity index (χ4v) is 3.34. The molecule has 0 saturated carbocycles. The summed E-state index contributed by atoms with van der Waals surface area (Å²) >= 11 is 24.2. The largest absolute Gasteiger partial charge is 0.127 e. The molecule has 2 atom stereocenters. The quantitative estimate of drug-likeness (QED) is 0.644. The molecule has 0 saturated heterocycles. The van der Waals surface area contributed by atoms with Gasteiger partial charge in [-0.05, 0) is 12.8 Å². The van der Waals surface area contributed by atoms with Crippen molar-refractivity contribution in [3.63, 3.8) is 0 Å². The van der Waals surface area contributed by atoms with Crippen molar-refractivity contribution in [2.24, 2.45) is 0 Å². The molecule has 0 aliphatic carbocycles. The highest BCUT2D eigenvalue weighted by Crippen LogP contribution is 2.28. The van der Waals surface area contributed by atoms with Crippen LogP contribution < -0.4 is 0 Å². The van der Waals surface area contributed by atoms with Crippen molar-refractivity contribution in [1.29, 1.82) is 0 Å². The van der Waals surface area contributed by atoms with Crippen LogP contribution in [0.25, 0.3) is 0 Å². The van der Waals surface area contributed by atoms with Gasteiger partial charge in [-0.25, -0.2) is 0 Å². The fraction of sp³-hybridized carbons (Fsp3) is 1.00. The summed E-state index contributed by atoms with van der Waals surface area (Å²) in [5, 5.41) is 0. The van der Waals surface area contributed by atoms with Gasteiger partial charge in [0.2, 0.25) is 0 Å². The minimum atomic E-state index is 0.0122. The van der Waals surface area contributed by atoms with E-state index in [1.807, 2.05) is 0 Å². The molecule has 2 unspecified atom stereocenters. The van der Waals surface area contributed by atoms with Crippen LogP contribution in [-0.4, -0.2) is 21.2 Å². The zero-order valence-electron chi connectivity index (χ0n) is 5.90. The first-order chi connectivity index (χ1) is 5.20. The molecule has 5 heteroatoms. The minimum absolute atomic E-state index is 0.0122. The molecular weight excluding hydrogens is 246 g/mol. The van der Waals surface area contributed by atoms with Gasteiger partial charge in [0, 0.05) is 11.8 Å². The van der Waals surface area contributed by atoms with E-state index < -0.39 is 0 Å². The van der Waals surface area contributed by atoms with E-state index in [9.17, 15) is 0 Å². The summed E-state index contributed by atoms with van der Waals surface area (Å²) in [6.07, 6.45) is 1.55. The topological polar surface area (TPSA) is 0 Å². The first-order valence-corrected chi connectivity index (χ1v) is 6.14. The predicted octanol–water partition coefficient (Wildman–Crippen LogP) is 4.11. The Morgan fingerprint density at radius 3 is 1.55 bits per heavy atom. The summed E-state index contributed by atoms with van der Waals surface area (Å²) in [6.45, 7) is 0. The Hall–Kier alpha value is 1.51. The molecule has 0 rings (SSSR count). The molecular formula is C6H10Cl4S. The molecule has 0 aromatic rings. The van der Waals surface area contributed by atoms with Crippen LogP contribution in [0.15, 0.2) is 0 Å². The molecule has 0 nitrogen and oxygen atoms in total. The molecule has 0 aromatic heterocycles. The van der Waals surface area contributed by atoms with Crippen molar-refractivity contribution in [2.45, 2.75) is 22.3 Å². The van der Waals surface area contributed by atoms with Crippen LogP contribution in [0.5, 0.6) is 0 Å². The van der Waals surface area contributed by atoms with E-state index in [1.54, 1.807) is 0 Å². The maximum absolute atomic E-state index is 5.86. The number of thioether (sulfide) groups is 1. The van der Waals surface area contributed by atoms with Crippen molar-refractivity contribution in [1.82, 2.24) is 0 Å². The molecule has 0 aromatic carbocycles. The lowest BCUT2D eigenvalue weighted by Gasteiger charge is -2.10. The minimum Gasteiger partial charge on any atom is -0.127 e. The first-order valence-electron chi connectivity index (χ1n) is 3.26. The Morgan fingerprint density at radius 1 is 0.909 bits per heavy atom. The van der Waals surface area contributed by atoms with Gasteiger partial charge in [0.15, 0.2) is 0 Å². The molecule has 0 amide bonds. The van der Waals surface area contributed by atoms with E-state index >= 15 is 0 Å². The Labute approximate surface area is 91.9 Å². The van der Waals surface area contributed by atoms with E-state index in [0.29, 0.717) is 11.8 Å². The van der Waals surface area contributed by atoms with Crippen molar-refractivity contribution in [3.8, 4) is 0 Å². The summed E-state index contributed by atoms with van der Waals surface area (Å²) in [5.74, 6) is 1.15. The van der Waals surface area contributed by atoms with Crippen LogP contribution in [0.3, 0.4) is 0 Å². The van der Waals surface area contributed by atoms with Crippen LogP contribution in [-0.2, 0) is 0 Å². The smallest absolute Gasteiger partial charge is 0.0815 e. The summed E-state index contributed by atoms with van der Waals surface area (Å²) < 4.78 is 0.0245. The van der Waals surface area contributed by atoms with Crippen LogP contribution in [0.2, 0.25) is 0 Å². The Balaban J connectivity index is 3.32. The zero-order valence-corrected chi connectivity index (χ0v) is 9.74.